The highest BCUT2D eigenvalue weighted by atomic mass is 32.2. The zero-order chi connectivity index (χ0) is 13.1. The molecule has 0 aliphatic heterocycles. The van der Waals surface area contributed by atoms with E-state index in [-0.39, 0.29) is 10.9 Å². The minimum Gasteiger partial charge on any atom is -0.383 e. The van der Waals surface area contributed by atoms with Gasteiger partial charge in [0, 0.05) is 18.8 Å². The maximum absolute atomic E-state index is 11.3. The van der Waals surface area contributed by atoms with Crippen LogP contribution in [0.3, 0.4) is 0 Å². The van der Waals surface area contributed by atoms with Gasteiger partial charge < -0.3 is 10.1 Å². The molecule has 1 aromatic rings. The molecule has 1 unspecified atom stereocenters. The first-order chi connectivity index (χ1) is 7.86. The van der Waals surface area contributed by atoms with Crippen LogP contribution in [-0.4, -0.2) is 28.2 Å². The summed E-state index contributed by atoms with van der Waals surface area (Å²) in [4.78, 5) is 0.145. The summed E-state index contributed by atoms with van der Waals surface area (Å²) in [6.07, 6.45) is 0. The van der Waals surface area contributed by atoms with Crippen LogP contribution in [0.15, 0.2) is 23.1 Å². The molecule has 0 bridgehead atoms. The van der Waals surface area contributed by atoms with Gasteiger partial charge in [-0.1, -0.05) is 6.07 Å². The number of nitrogens with one attached hydrogen (secondary N) is 1. The maximum Gasteiger partial charge on any atom is 0.238 e. The average Bonchev–Trinajstić information content (AvgIpc) is 2.19. The summed E-state index contributed by atoms with van der Waals surface area (Å²) in [6.45, 7) is 4.22. The number of anilines is 1. The second kappa shape index (κ2) is 5.48. The largest absolute Gasteiger partial charge is 0.383 e. The Bertz CT molecular complexity index is 485. The smallest absolute Gasteiger partial charge is 0.238 e. The van der Waals surface area contributed by atoms with Crippen LogP contribution in [0.5, 0.6) is 0 Å². The van der Waals surface area contributed by atoms with Crippen molar-refractivity contribution in [3.8, 4) is 0 Å². The van der Waals surface area contributed by atoms with Crippen molar-refractivity contribution in [2.75, 3.05) is 19.0 Å². The number of benzene rings is 1. The predicted octanol–water partition coefficient (Wildman–Crippen LogP) is 1.09. The van der Waals surface area contributed by atoms with E-state index in [1.54, 1.807) is 20.1 Å². The standard InChI is InChI=1S/C11H18N2O3S/c1-8(7-16-3)13-10-5-4-6-11(9(10)2)17(12,14)15/h4-6,8,13H,7H2,1-3H3,(H2,12,14,15). The molecule has 0 aliphatic carbocycles. The Kier molecular flexibility index (Phi) is 4.50. The minimum absolute atomic E-state index is 0.0921. The van der Waals surface area contributed by atoms with Crippen molar-refractivity contribution >= 4 is 15.7 Å². The molecule has 96 valence electrons. The molecular formula is C11H18N2O3S. The summed E-state index contributed by atoms with van der Waals surface area (Å²) in [5.41, 5.74) is 1.37. The molecule has 0 radical (unpaired) electrons. The fourth-order valence-corrected chi connectivity index (χ4v) is 2.44. The summed E-state index contributed by atoms with van der Waals surface area (Å²) >= 11 is 0. The van der Waals surface area contributed by atoms with Crippen LogP contribution in [-0.2, 0) is 14.8 Å². The second-order valence-corrected chi connectivity index (χ2v) is 5.50. The number of methoxy groups -OCH3 is 1. The first-order valence-electron chi connectivity index (χ1n) is 5.24. The molecule has 0 spiro atoms. The molecule has 0 saturated heterocycles. The van der Waals surface area contributed by atoms with Crippen molar-refractivity contribution in [2.45, 2.75) is 24.8 Å². The highest BCUT2D eigenvalue weighted by molar-refractivity contribution is 7.89. The van der Waals surface area contributed by atoms with Crippen molar-refractivity contribution in [3.05, 3.63) is 23.8 Å². The zero-order valence-electron chi connectivity index (χ0n) is 10.2. The lowest BCUT2D eigenvalue weighted by molar-refractivity contribution is 0.190. The Labute approximate surface area is 102 Å². The molecule has 0 aliphatic rings. The molecule has 3 N–H and O–H groups in total. The lowest BCUT2D eigenvalue weighted by Crippen LogP contribution is -2.22. The van der Waals surface area contributed by atoms with Gasteiger partial charge in [0.1, 0.15) is 0 Å². The quantitative estimate of drug-likeness (QED) is 0.828. The molecular weight excluding hydrogens is 240 g/mol. The first kappa shape index (κ1) is 14.0. The number of hydrogen-bond acceptors (Lipinski definition) is 4. The molecule has 1 atom stereocenters. The van der Waals surface area contributed by atoms with Crippen LogP contribution >= 0.6 is 0 Å². The number of nitrogens with two attached hydrogens (primary N) is 1. The number of rotatable bonds is 5. The second-order valence-electron chi connectivity index (χ2n) is 3.97. The van der Waals surface area contributed by atoms with Gasteiger partial charge in [-0.05, 0) is 31.5 Å². The molecule has 0 amide bonds. The van der Waals surface area contributed by atoms with E-state index in [4.69, 9.17) is 9.88 Å². The van der Waals surface area contributed by atoms with E-state index >= 15 is 0 Å². The maximum atomic E-state index is 11.3. The summed E-state index contributed by atoms with van der Waals surface area (Å²) < 4.78 is 27.7. The first-order valence-corrected chi connectivity index (χ1v) is 6.78. The predicted molar refractivity (Wildman–Crippen MR) is 67.5 cm³/mol. The van der Waals surface area contributed by atoms with Crippen molar-refractivity contribution < 1.29 is 13.2 Å². The lowest BCUT2D eigenvalue weighted by atomic mass is 10.2. The van der Waals surface area contributed by atoms with Gasteiger partial charge in [-0.25, -0.2) is 13.6 Å². The SMILES string of the molecule is COCC(C)Nc1cccc(S(N)(=O)=O)c1C. The van der Waals surface area contributed by atoms with Gasteiger partial charge >= 0.3 is 0 Å². The monoisotopic (exact) mass is 258 g/mol. The molecule has 1 rings (SSSR count). The third kappa shape index (κ3) is 3.69. The van der Waals surface area contributed by atoms with Crippen LogP contribution in [0.2, 0.25) is 0 Å². The third-order valence-corrected chi connectivity index (χ3v) is 3.46. The number of sulfonamides is 1. The van der Waals surface area contributed by atoms with E-state index in [1.165, 1.54) is 6.07 Å². The summed E-state index contributed by atoms with van der Waals surface area (Å²) in [6, 6.07) is 5.07. The van der Waals surface area contributed by atoms with Gasteiger partial charge in [0.15, 0.2) is 0 Å². The molecule has 0 heterocycles. The van der Waals surface area contributed by atoms with Crippen LogP contribution in [0.1, 0.15) is 12.5 Å². The number of hydrogen-bond donors (Lipinski definition) is 2. The highest BCUT2D eigenvalue weighted by Crippen LogP contribution is 2.22. The number of ether oxygens (including phenoxy) is 1. The van der Waals surface area contributed by atoms with Crippen LogP contribution in [0.25, 0.3) is 0 Å². The van der Waals surface area contributed by atoms with Gasteiger partial charge in [0.25, 0.3) is 0 Å². The van der Waals surface area contributed by atoms with Crippen LogP contribution in [0, 0.1) is 6.92 Å². The zero-order valence-corrected chi connectivity index (χ0v) is 11.0. The summed E-state index contributed by atoms with van der Waals surface area (Å²) in [5, 5.41) is 8.31. The molecule has 0 fully saturated rings. The van der Waals surface area contributed by atoms with Gasteiger partial charge in [0.2, 0.25) is 10.0 Å². The van der Waals surface area contributed by atoms with Crippen molar-refractivity contribution in [1.82, 2.24) is 0 Å². The molecule has 0 aromatic heterocycles. The minimum atomic E-state index is -3.68. The molecule has 17 heavy (non-hydrogen) atoms. The van der Waals surface area contributed by atoms with Gasteiger partial charge in [-0.2, -0.15) is 0 Å². The average molecular weight is 258 g/mol. The van der Waals surface area contributed by atoms with Crippen LogP contribution < -0.4 is 10.5 Å². The Morgan fingerprint density at radius 2 is 2.12 bits per heavy atom. The number of primary sulfonamides is 1. The van der Waals surface area contributed by atoms with E-state index in [9.17, 15) is 8.42 Å². The van der Waals surface area contributed by atoms with Gasteiger partial charge in [-0.15, -0.1) is 0 Å². The Balaban J connectivity index is 3.03. The van der Waals surface area contributed by atoms with E-state index in [2.05, 4.69) is 5.32 Å². The Hall–Kier alpha value is -1.11. The molecule has 0 saturated carbocycles. The third-order valence-electron chi connectivity index (χ3n) is 2.41. The summed E-state index contributed by atoms with van der Waals surface area (Å²) in [7, 11) is -2.06. The van der Waals surface area contributed by atoms with Crippen LogP contribution in [0.4, 0.5) is 5.69 Å². The molecule has 6 heteroatoms. The van der Waals surface area contributed by atoms with E-state index in [1.807, 2.05) is 13.0 Å². The van der Waals surface area contributed by atoms with E-state index in [0.717, 1.165) is 5.69 Å². The van der Waals surface area contributed by atoms with Gasteiger partial charge in [0.05, 0.1) is 11.5 Å². The topological polar surface area (TPSA) is 81.4 Å². The van der Waals surface area contributed by atoms with Crippen molar-refractivity contribution in [3.63, 3.8) is 0 Å². The lowest BCUT2D eigenvalue weighted by Gasteiger charge is -2.17. The highest BCUT2D eigenvalue weighted by Gasteiger charge is 2.14. The van der Waals surface area contributed by atoms with Crippen molar-refractivity contribution in [2.24, 2.45) is 5.14 Å². The normalized spacial score (nSPS) is 13.4. The Morgan fingerprint density at radius 3 is 2.65 bits per heavy atom. The molecule has 5 nitrogen and oxygen atoms in total. The van der Waals surface area contributed by atoms with E-state index < -0.39 is 10.0 Å². The van der Waals surface area contributed by atoms with Crippen molar-refractivity contribution in [1.29, 1.82) is 0 Å². The van der Waals surface area contributed by atoms with E-state index in [0.29, 0.717) is 12.2 Å². The Morgan fingerprint density at radius 1 is 1.47 bits per heavy atom. The van der Waals surface area contributed by atoms with Gasteiger partial charge in [-0.3, -0.25) is 0 Å². The molecule has 1 aromatic carbocycles. The summed E-state index contributed by atoms with van der Waals surface area (Å²) in [5.74, 6) is 0. The fraction of sp³-hybridized carbons (Fsp3) is 0.455. The fourth-order valence-electron chi connectivity index (χ4n) is 1.64.